The van der Waals surface area contributed by atoms with Crippen LogP contribution in [-0.4, -0.2) is 38.6 Å². The Labute approximate surface area is 257 Å². The number of fused-ring (bicyclic) bond motifs is 1. The van der Waals surface area contributed by atoms with Gasteiger partial charge in [-0.05, 0) is 36.2 Å². The van der Waals surface area contributed by atoms with Crippen molar-refractivity contribution in [2.75, 3.05) is 12.3 Å². The number of anilines is 1. The van der Waals surface area contributed by atoms with Crippen LogP contribution >= 0.6 is 11.6 Å². The van der Waals surface area contributed by atoms with E-state index >= 15 is 0 Å². The summed E-state index contributed by atoms with van der Waals surface area (Å²) in [4.78, 5) is 34.0. The molecule has 0 saturated carbocycles. The van der Waals surface area contributed by atoms with Crippen LogP contribution in [-0.2, 0) is 16.0 Å². The first-order chi connectivity index (χ1) is 21.2. The van der Waals surface area contributed by atoms with E-state index in [-0.39, 0.29) is 12.2 Å². The van der Waals surface area contributed by atoms with E-state index in [9.17, 15) is 9.59 Å². The van der Waals surface area contributed by atoms with Crippen LogP contribution in [0.15, 0.2) is 103 Å². The number of H-pyrrole nitrogens is 2. The first kappa shape index (κ1) is 28.8. The van der Waals surface area contributed by atoms with Gasteiger partial charge < -0.3 is 26.9 Å². The number of imidazole rings is 1. The maximum absolute atomic E-state index is 13.2. The minimum atomic E-state index is -1.20. The number of rotatable bonds is 10. The number of ether oxygens (including phenoxy) is 1. The predicted octanol–water partition coefficient (Wildman–Crippen LogP) is 4.66. The molecule has 8 N–H and O–H groups in total. The second-order valence-electron chi connectivity index (χ2n) is 10.8. The molecule has 3 aromatic carbocycles. The van der Waals surface area contributed by atoms with Gasteiger partial charge in [0, 0.05) is 27.9 Å². The second-order valence-corrected chi connectivity index (χ2v) is 11.2. The number of amides is 2. The molecule has 2 unspecified atom stereocenters. The molecule has 0 fully saturated rings. The molecular weight excluding hydrogens is 578 g/mol. The van der Waals surface area contributed by atoms with Gasteiger partial charge in [0.1, 0.15) is 22.4 Å². The fourth-order valence-electron chi connectivity index (χ4n) is 5.90. The number of nitrogens with one attached hydrogen (secondary N) is 2. The van der Waals surface area contributed by atoms with Gasteiger partial charge >= 0.3 is 0 Å². The lowest BCUT2D eigenvalue weighted by atomic mass is 9.61. The van der Waals surface area contributed by atoms with Gasteiger partial charge in [-0.15, -0.1) is 0 Å². The van der Waals surface area contributed by atoms with Gasteiger partial charge in [0.25, 0.3) is 0 Å². The molecular formula is C33H30ClN7O3. The fraction of sp³-hybridized carbons (Fsp3) is 0.152. The smallest absolute Gasteiger partial charge is 0.248 e. The molecule has 0 bridgehead atoms. The van der Waals surface area contributed by atoms with Crippen molar-refractivity contribution in [3.8, 4) is 17.0 Å². The van der Waals surface area contributed by atoms with Crippen molar-refractivity contribution in [3.63, 3.8) is 0 Å². The van der Waals surface area contributed by atoms with Crippen LogP contribution in [0.1, 0.15) is 17.3 Å². The maximum atomic E-state index is 13.2. The largest absolute Gasteiger partial charge is 0.493 e. The van der Waals surface area contributed by atoms with Crippen molar-refractivity contribution < 1.29 is 14.3 Å². The highest BCUT2D eigenvalue weighted by Gasteiger charge is 2.50. The minimum Gasteiger partial charge on any atom is -0.493 e. The SMILES string of the molecule is NC(=O)C1=CC(COc2ccccc2)([C@H](Cc2ccccc2)c2nc(-c3ccc4c(N)n[nH]c4c3)c(Cl)[nH]2)C(C(N)=O)C=C1. The Kier molecular flexibility index (Phi) is 7.67. The molecule has 222 valence electrons. The number of nitrogen functional groups attached to an aromatic ring is 1. The van der Waals surface area contributed by atoms with Crippen LogP contribution in [0.4, 0.5) is 5.82 Å². The van der Waals surface area contributed by atoms with Crippen molar-refractivity contribution in [1.82, 2.24) is 20.2 Å². The van der Waals surface area contributed by atoms with E-state index in [0.717, 1.165) is 22.0 Å². The summed E-state index contributed by atoms with van der Waals surface area (Å²) in [6.45, 7) is -0.0176. The zero-order chi connectivity index (χ0) is 30.8. The second kappa shape index (κ2) is 11.7. The van der Waals surface area contributed by atoms with Crippen LogP contribution in [0.3, 0.4) is 0 Å². The number of nitrogens with two attached hydrogens (primary N) is 3. The van der Waals surface area contributed by atoms with Crippen LogP contribution in [0.25, 0.3) is 22.2 Å². The van der Waals surface area contributed by atoms with Gasteiger partial charge in [-0.3, -0.25) is 14.7 Å². The molecule has 44 heavy (non-hydrogen) atoms. The number of carbonyl (C=O) groups excluding carboxylic acids is 2. The first-order valence-electron chi connectivity index (χ1n) is 14.0. The molecule has 6 rings (SSSR count). The normalized spacial score (nSPS) is 18.6. The fourth-order valence-corrected chi connectivity index (χ4v) is 6.15. The van der Waals surface area contributed by atoms with Crippen molar-refractivity contribution in [1.29, 1.82) is 0 Å². The summed E-state index contributed by atoms with van der Waals surface area (Å²) in [6, 6.07) is 24.5. The van der Waals surface area contributed by atoms with Crippen LogP contribution < -0.4 is 21.9 Å². The average Bonchev–Trinajstić information content (AvgIpc) is 3.61. The summed E-state index contributed by atoms with van der Waals surface area (Å²) < 4.78 is 6.33. The molecule has 1 aliphatic carbocycles. The number of benzene rings is 3. The van der Waals surface area contributed by atoms with E-state index in [1.165, 1.54) is 6.08 Å². The number of aromatic amines is 2. The third-order valence-corrected chi connectivity index (χ3v) is 8.37. The highest BCUT2D eigenvalue weighted by molar-refractivity contribution is 6.32. The molecule has 1 aliphatic rings. The third kappa shape index (κ3) is 5.43. The number of para-hydroxylation sites is 1. The Morgan fingerprint density at radius 2 is 1.75 bits per heavy atom. The Morgan fingerprint density at radius 1 is 1.02 bits per heavy atom. The van der Waals surface area contributed by atoms with Crippen LogP contribution in [0.5, 0.6) is 5.75 Å². The average molecular weight is 608 g/mol. The lowest BCUT2D eigenvalue weighted by molar-refractivity contribution is -0.124. The maximum Gasteiger partial charge on any atom is 0.248 e. The van der Waals surface area contributed by atoms with Gasteiger partial charge in [-0.2, -0.15) is 5.10 Å². The number of nitrogens with zero attached hydrogens (tertiary/aromatic N) is 2. The molecule has 0 aliphatic heterocycles. The van der Waals surface area contributed by atoms with Crippen LogP contribution in [0, 0.1) is 11.3 Å². The van der Waals surface area contributed by atoms with E-state index < -0.39 is 29.1 Å². The molecule has 0 spiro atoms. The van der Waals surface area contributed by atoms with Crippen molar-refractivity contribution in [2.45, 2.75) is 12.3 Å². The summed E-state index contributed by atoms with van der Waals surface area (Å²) >= 11 is 6.82. The van der Waals surface area contributed by atoms with Gasteiger partial charge in [0.05, 0.1) is 18.0 Å². The molecule has 3 atom stereocenters. The quantitative estimate of drug-likeness (QED) is 0.154. The van der Waals surface area contributed by atoms with E-state index in [4.69, 9.17) is 38.5 Å². The number of primary amides is 2. The van der Waals surface area contributed by atoms with Gasteiger partial charge in [-0.1, -0.05) is 84.4 Å². The topological polar surface area (TPSA) is 179 Å². The number of hydrogen-bond acceptors (Lipinski definition) is 6. The zero-order valence-electron chi connectivity index (χ0n) is 23.5. The molecule has 2 aromatic heterocycles. The predicted molar refractivity (Wildman–Crippen MR) is 169 cm³/mol. The van der Waals surface area contributed by atoms with E-state index in [2.05, 4.69) is 15.2 Å². The molecule has 2 amide bonds. The molecule has 0 saturated heterocycles. The lowest BCUT2D eigenvalue weighted by Gasteiger charge is -2.43. The van der Waals surface area contributed by atoms with E-state index in [1.807, 2.05) is 78.9 Å². The van der Waals surface area contributed by atoms with E-state index in [1.54, 1.807) is 12.2 Å². The molecule has 5 aromatic rings. The number of carbonyl (C=O) groups is 2. The molecule has 11 heteroatoms. The first-order valence-corrected chi connectivity index (χ1v) is 14.3. The molecule has 0 radical (unpaired) electrons. The van der Waals surface area contributed by atoms with Crippen molar-refractivity contribution in [3.05, 3.63) is 119 Å². The van der Waals surface area contributed by atoms with Crippen molar-refractivity contribution >= 4 is 40.1 Å². The van der Waals surface area contributed by atoms with Gasteiger partial charge in [0.2, 0.25) is 11.8 Å². The van der Waals surface area contributed by atoms with Crippen LogP contribution in [0.2, 0.25) is 5.15 Å². The summed E-state index contributed by atoms with van der Waals surface area (Å²) in [7, 11) is 0. The summed E-state index contributed by atoms with van der Waals surface area (Å²) in [6.07, 6.45) is 5.26. The Hall–Kier alpha value is -5.35. The summed E-state index contributed by atoms with van der Waals surface area (Å²) in [5.41, 5.74) is 19.8. The highest BCUT2D eigenvalue weighted by atomic mass is 35.5. The molecule has 2 heterocycles. The third-order valence-electron chi connectivity index (χ3n) is 8.10. The monoisotopic (exact) mass is 607 g/mol. The van der Waals surface area contributed by atoms with Gasteiger partial charge in [0.15, 0.2) is 5.82 Å². The summed E-state index contributed by atoms with van der Waals surface area (Å²) in [5.74, 6) is -1.22. The Bertz CT molecular complexity index is 1900. The van der Waals surface area contributed by atoms with E-state index in [0.29, 0.717) is 34.7 Å². The minimum absolute atomic E-state index is 0.0176. The number of halogens is 1. The Balaban J connectivity index is 1.53. The number of hydrogen-bond donors (Lipinski definition) is 5. The van der Waals surface area contributed by atoms with Gasteiger partial charge in [-0.25, -0.2) is 4.98 Å². The standard InChI is InChI=1S/C33H30ClN7O3/c34-28-27(20-11-13-23-26(16-20)40-41-29(23)35)38-32(39-28)25(15-19-7-3-1-4-8-19)33(18-44-22-9-5-2-6-10-22)17-21(30(36)42)12-14-24(33)31(37)43/h1-14,16-17,24-25H,15,18H2,(H2,36,42)(H2,37,43)(H,38,39)(H3,35,40,41)/t24?,25-,33?/m1/s1. The zero-order valence-corrected chi connectivity index (χ0v) is 24.3. The van der Waals surface area contributed by atoms with Crippen molar-refractivity contribution in [2.24, 2.45) is 22.8 Å². The lowest BCUT2D eigenvalue weighted by Crippen LogP contribution is -2.48. The highest BCUT2D eigenvalue weighted by Crippen LogP contribution is 2.49. The number of aromatic nitrogens is 4. The Morgan fingerprint density at radius 3 is 2.45 bits per heavy atom. The molecule has 10 nitrogen and oxygen atoms in total. The summed E-state index contributed by atoms with van der Waals surface area (Å²) in [5, 5.41) is 8.07.